The molecule has 18 heavy (non-hydrogen) atoms. The molecule has 1 aromatic carbocycles. The quantitative estimate of drug-likeness (QED) is 0.792. The van der Waals surface area contributed by atoms with Gasteiger partial charge in [-0.1, -0.05) is 5.10 Å². The number of carbonyl (C=O) groups excluding carboxylic acids is 1. The van der Waals surface area contributed by atoms with Gasteiger partial charge in [0.1, 0.15) is 11.6 Å². The highest BCUT2D eigenvalue weighted by Gasteiger charge is 2.17. The Hall–Kier alpha value is -2.51. The van der Waals surface area contributed by atoms with Gasteiger partial charge >= 0.3 is 6.01 Å². The van der Waals surface area contributed by atoms with Gasteiger partial charge in [-0.2, -0.15) is 0 Å². The lowest BCUT2D eigenvalue weighted by atomic mass is 10.1. The fourth-order valence-electron chi connectivity index (χ4n) is 1.25. The number of nitrogens with one attached hydrogen (secondary N) is 1. The maximum absolute atomic E-state index is 13.4. The number of rotatable bonds is 2. The number of hydrogen-bond acceptors (Lipinski definition) is 5. The maximum atomic E-state index is 13.4. The first-order chi connectivity index (χ1) is 8.47. The van der Waals surface area contributed by atoms with Gasteiger partial charge in [-0.3, -0.25) is 10.1 Å². The van der Waals surface area contributed by atoms with Gasteiger partial charge in [-0.05, 0) is 6.07 Å². The topological polar surface area (TPSA) is 94.0 Å². The summed E-state index contributed by atoms with van der Waals surface area (Å²) in [5.74, 6) is -2.58. The minimum absolute atomic E-state index is 0.181. The van der Waals surface area contributed by atoms with Gasteiger partial charge < -0.3 is 10.2 Å². The lowest BCUT2D eigenvalue weighted by Crippen LogP contribution is -2.15. The number of amides is 1. The molecule has 0 saturated carbocycles. The van der Waals surface area contributed by atoms with E-state index in [4.69, 9.17) is 10.2 Å². The van der Waals surface area contributed by atoms with E-state index < -0.39 is 23.1 Å². The number of benzene rings is 1. The lowest BCUT2D eigenvalue weighted by Gasteiger charge is -2.04. The monoisotopic (exact) mass is 254 g/mol. The van der Waals surface area contributed by atoms with Crippen LogP contribution in [0.3, 0.4) is 0 Å². The van der Waals surface area contributed by atoms with Gasteiger partial charge in [0.25, 0.3) is 5.91 Å². The van der Waals surface area contributed by atoms with Gasteiger partial charge in [0.2, 0.25) is 5.89 Å². The minimum atomic E-state index is -1.03. The normalized spacial score (nSPS) is 10.4. The Morgan fingerprint density at radius 3 is 2.67 bits per heavy atom. The van der Waals surface area contributed by atoms with Crippen LogP contribution in [0.5, 0.6) is 0 Å². The van der Waals surface area contributed by atoms with Crippen LogP contribution in [0.1, 0.15) is 16.2 Å². The summed E-state index contributed by atoms with van der Waals surface area (Å²) in [4.78, 5) is 11.7. The Balaban J connectivity index is 2.26. The summed E-state index contributed by atoms with van der Waals surface area (Å²) in [5, 5.41) is 9.15. The van der Waals surface area contributed by atoms with Crippen molar-refractivity contribution < 1.29 is 18.0 Å². The summed E-state index contributed by atoms with van der Waals surface area (Å²) in [7, 11) is 0. The zero-order valence-electron chi connectivity index (χ0n) is 9.20. The van der Waals surface area contributed by atoms with E-state index in [1.54, 1.807) is 0 Å². The molecule has 0 radical (unpaired) electrons. The fraction of sp³-hybridized carbons (Fsp3) is 0.100. The molecule has 8 heteroatoms. The molecule has 0 spiro atoms. The molecule has 0 atom stereocenters. The summed E-state index contributed by atoms with van der Waals surface area (Å²) in [6.07, 6.45) is 0. The first kappa shape index (κ1) is 12.0. The van der Waals surface area contributed by atoms with Gasteiger partial charge in [-0.25, -0.2) is 8.78 Å². The van der Waals surface area contributed by atoms with E-state index >= 15 is 0 Å². The third-order valence-electron chi connectivity index (χ3n) is 2.08. The number of nitrogen functional groups attached to an aromatic ring is 1. The number of carbonyl (C=O) groups is 1. The molecule has 0 aliphatic carbocycles. The zero-order valence-corrected chi connectivity index (χ0v) is 9.20. The molecule has 3 N–H and O–H groups in total. The van der Waals surface area contributed by atoms with E-state index in [2.05, 4.69) is 15.5 Å². The Morgan fingerprint density at radius 2 is 2.06 bits per heavy atom. The third kappa shape index (κ3) is 2.26. The molecule has 1 heterocycles. The molecule has 0 saturated heterocycles. The fourth-order valence-corrected chi connectivity index (χ4v) is 1.25. The van der Waals surface area contributed by atoms with Gasteiger partial charge in [0.15, 0.2) is 0 Å². The lowest BCUT2D eigenvalue weighted by molar-refractivity contribution is 0.102. The molecular formula is C10H8F2N4O2. The van der Waals surface area contributed by atoms with Crippen LogP contribution in [0.25, 0.3) is 0 Å². The van der Waals surface area contributed by atoms with E-state index in [9.17, 15) is 13.6 Å². The van der Waals surface area contributed by atoms with Gasteiger partial charge in [0, 0.05) is 13.0 Å². The highest BCUT2D eigenvalue weighted by molar-refractivity contribution is 6.03. The molecule has 0 aliphatic heterocycles. The number of aromatic nitrogens is 2. The molecular weight excluding hydrogens is 246 g/mol. The first-order valence-electron chi connectivity index (χ1n) is 4.83. The highest BCUT2D eigenvalue weighted by atomic mass is 19.1. The minimum Gasteiger partial charge on any atom is -0.408 e. The van der Waals surface area contributed by atoms with Crippen LogP contribution < -0.4 is 11.1 Å². The predicted molar refractivity (Wildman–Crippen MR) is 57.8 cm³/mol. The molecule has 0 fully saturated rings. The molecule has 1 aromatic heterocycles. The van der Waals surface area contributed by atoms with Crippen LogP contribution in [-0.2, 0) is 0 Å². The van der Waals surface area contributed by atoms with E-state index in [1.165, 1.54) is 6.92 Å². The van der Waals surface area contributed by atoms with Crippen molar-refractivity contribution >= 4 is 17.6 Å². The number of nitrogens with two attached hydrogens (primary N) is 1. The second kappa shape index (κ2) is 4.40. The summed E-state index contributed by atoms with van der Waals surface area (Å²) in [5.41, 5.74) is 4.51. The molecule has 94 valence electrons. The summed E-state index contributed by atoms with van der Waals surface area (Å²) in [6.45, 7) is 1.53. The second-order valence-corrected chi connectivity index (χ2v) is 3.43. The smallest absolute Gasteiger partial charge is 0.322 e. The zero-order chi connectivity index (χ0) is 13.3. The van der Waals surface area contributed by atoms with Gasteiger partial charge in [0.05, 0.1) is 11.3 Å². The molecule has 0 bridgehead atoms. The molecule has 1 amide bonds. The number of aryl methyl sites for hydroxylation is 1. The Morgan fingerprint density at radius 1 is 1.33 bits per heavy atom. The van der Waals surface area contributed by atoms with E-state index in [0.29, 0.717) is 6.07 Å². The summed E-state index contributed by atoms with van der Waals surface area (Å²) >= 11 is 0. The molecule has 6 nitrogen and oxygen atoms in total. The predicted octanol–water partition coefficient (Wildman–Crippen LogP) is 1.49. The largest absolute Gasteiger partial charge is 0.408 e. The van der Waals surface area contributed by atoms with E-state index in [0.717, 1.165) is 6.07 Å². The third-order valence-corrected chi connectivity index (χ3v) is 2.08. The second-order valence-electron chi connectivity index (χ2n) is 3.43. The van der Waals surface area contributed by atoms with Crippen LogP contribution in [0.15, 0.2) is 16.5 Å². The van der Waals surface area contributed by atoms with Gasteiger partial charge in [-0.15, -0.1) is 5.10 Å². The Labute approximate surface area is 99.8 Å². The van der Waals surface area contributed by atoms with E-state index in [-0.39, 0.29) is 17.6 Å². The van der Waals surface area contributed by atoms with Crippen LogP contribution in [0, 0.1) is 18.6 Å². The van der Waals surface area contributed by atoms with Crippen LogP contribution in [-0.4, -0.2) is 16.1 Å². The number of anilines is 2. The highest BCUT2D eigenvalue weighted by Crippen LogP contribution is 2.17. The summed E-state index contributed by atoms with van der Waals surface area (Å²) < 4.78 is 31.2. The molecule has 2 aromatic rings. The van der Waals surface area contributed by atoms with E-state index in [1.807, 2.05) is 0 Å². The summed E-state index contributed by atoms with van der Waals surface area (Å²) in [6, 6.07) is 1.24. The molecule has 2 rings (SSSR count). The number of halogens is 2. The standard InChI is InChI=1S/C10H8F2N4O2/c1-4-15-16-10(18-4)14-9(17)5-2-8(13)7(12)3-6(5)11/h2-3H,13H2,1H3,(H,14,16,17). The molecule has 0 aliphatic rings. The number of hydrogen-bond donors (Lipinski definition) is 2. The van der Waals surface area contributed by atoms with Crippen LogP contribution >= 0.6 is 0 Å². The van der Waals surface area contributed by atoms with Crippen LogP contribution in [0.2, 0.25) is 0 Å². The first-order valence-corrected chi connectivity index (χ1v) is 4.83. The maximum Gasteiger partial charge on any atom is 0.322 e. The van der Waals surface area contributed by atoms with Crippen molar-refractivity contribution in [2.75, 3.05) is 11.1 Å². The van der Waals surface area contributed by atoms with Crippen molar-refractivity contribution in [3.05, 3.63) is 35.2 Å². The number of nitrogens with zero attached hydrogens (tertiary/aromatic N) is 2. The van der Waals surface area contributed by atoms with Crippen molar-refractivity contribution in [3.8, 4) is 0 Å². The van der Waals surface area contributed by atoms with Crippen molar-refractivity contribution in [2.24, 2.45) is 0 Å². The van der Waals surface area contributed by atoms with Crippen LogP contribution in [0.4, 0.5) is 20.5 Å². The average Bonchev–Trinajstić information content (AvgIpc) is 2.69. The van der Waals surface area contributed by atoms with Crippen molar-refractivity contribution in [1.29, 1.82) is 0 Å². The Kier molecular flexibility index (Phi) is 2.92. The van der Waals surface area contributed by atoms with Crippen molar-refractivity contribution in [3.63, 3.8) is 0 Å². The molecule has 0 unspecified atom stereocenters. The van der Waals surface area contributed by atoms with Crippen molar-refractivity contribution in [2.45, 2.75) is 6.92 Å². The Bertz CT molecular complexity index is 612. The van der Waals surface area contributed by atoms with Crippen molar-refractivity contribution in [1.82, 2.24) is 10.2 Å². The SMILES string of the molecule is Cc1nnc(NC(=O)c2cc(N)c(F)cc2F)o1. The average molecular weight is 254 g/mol.